The van der Waals surface area contributed by atoms with E-state index in [1.54, 1.807) is 32.0 Å². The number of imide groups is 1. The lowest BCUT2D eigenvalue weighted by atomic mass is 9.59. The molecular weight excluding hydrogens is 474 g/mol. The fourth-order valence-electron chi connectivity index (χ4n) is 5.85. The number of Topliss-reactive ketones (excluding diaryl/α,β-unsaturated/α-hetero) is 1. The van der Waals surface area contributed by atoms with Gasteiger partial charge in [0.05, 0.1) is 11.8 Å². The number of rotatable bonds is 2. The Morgan fingerprint density at radius 1 is 1.12 bits per heavy atom. The van der Waals surface area contributed by atoms with E-state index in [0.29, 0.717) is 35.2 Å². The zero-order chi connectivity index (χ0) is 22.9. The standard InChI is InChI=1S/C25H22BrNO5/c1-3-27-24(31)14-6-5-13-15(21(14)25(27)32)10-17-19(29)8-11(2)23(30)22(17)20(13)16-9-12(26)4-7-18(16)28/h4-5,7-9,14-15,20-21,28H,3,6,10H2,1-2H3/t14-,15+,20+,21-/m0/s1. The third-order valence-corrected chi connectivity index (χ3v) is 7.77. The third-order valence-electron chi connectivity index (χ3n) is 7.27. The molecule has 0 unspecified atom stereocenters. The number of benzene rings is 1. The van der Waals surface area contributed by atoms with E-state index in [9.17, 15) is 24.3 Å². The number of phenols is 1. The molecule has 1 saturated heterocycles. The molecule has 1 N–H and O–H groups in total. The summed E-state index contributed by atoms with van der Waals surface area (Å²) in [4.78, 5) is 53.6. The average molecular weight is 496 g/mol. The molecule has 2 amide bonds. The minimum atomic E-state index is -0.638. The molecule has 0 bridgehead atoms. The Hall–Kier alpha value is -2.80. The Morgan fingerprint density at radius 2 is 1.88 bits per heavy atom. The van der Waals surface area contributed by atoms with Crippen LogP contribution in [0.1, 0.15) is 38.2 Å². The summed E-state index contributed by atoms with van der Waals surface area (Å²) in [5.74, 6) is -2.80. The van der Waals surface area contributed by atoms with Crippen molar-refractivity contribution in [2.24, 2.45) is 17.8 Å². The molecule has 1 aliphatic heterocycles. The predicted molar refractivity (Wildman–Crippen MR) is 120 cm³/mol. The number of likely N-dealkylation sites (tertiary alicyclic amines) is 1. The highest BCUT2D eigenvalue weighted by Crippen LogP contribution is 2.56. The van der Waals surface area contributed by atoms with E-state index >= 15 is 0 Å². The Kier molecular flexibility index (Phi) is 4.85. The quantitative estimate of drug-likeness (QED) is 0.384. The molecule has 164 valence electrons. The van der Waals surface area contributed by atoms with Crippen molar-refractivity contribution in [1.82, 2.24) is 4.90 Å². The van der Waals surface area contributed by atoms with Gasteiger partial charge in [0, 0.05) is 39.2 Å². The van der Waals surface area contributed by atoms with Gasteiger partial charge in [-0.2, -0.15) is 0 Å². The number of aromatic hydroxyl groups is 1. The van der Waals surface area contributed by atoms with E-state index in [0.717, 1.165) is 10.0 Å². The van der Waals surface area contributed by atoms with Crippen LogP contribution in [0.25, 0.3) is 0 Å². The van der Waals surface area contributed by atoms with E-state index < -0.39 is 17.8 Å². The van der Waals surface area contributed by atoms with E-state index in [1.807, 2.05) is 6.08 Å². The highest BCUT2D eigenvalue weighted by atomic mass is 79.9. The number of hydrogen-bond donors (Lipinski definition) is 1. The Balaban J connectivity index is 1.73. The second-order valence-electron chi connectivity index (χ2n) is 8.85. The SMILES string of the molecule is CCN1C(=O)[C@H]2[C@H](CC=C3[C@H](c4cc(Br)ccc4O)C4=C(C[C@H]32)C(=O)C=C(C)C4=O)C1=O. The van der Waals surface area contributed by atoms with Gasteiger partial charge in [0.2, 0.25) is 11.8 Å². The first kappa shape index (κ1) is 21.1. The largest absolute Gasteiger partial charge is 0.508 e. The highest BCUT2D eigenvalue weighted by Gasteiger charge is 2.56. The molecule has 0 radical (unpaired) electrons. The van der Waals surface area contributed by atoms with Crippen molar-refractivity contribution >= 4 is 39.3 Å². The lowest BCUT2D eigenvalue weighted by Gasteiger charge is -2.42. The van der Waals surface area contributed by atoms with Crippen molar-refractivity contribution in [2.75, 3.05) is 6.54 Å². The van der Waals surface area contributed by atoms with Gasteiger partial charge in [-0.05, 0) is 56.9 Å². The van der Waals surface area contributed by atoms with Crippen LogP contribution in [0.15, 0.2) is 57.1 Å². The zero-order valence-electron chi connectivity index (χ0n) is 17.7. The summed E-state index contributed by atoms with van der Waals surface area (Å²) in [5, 5.41) is 10.7. The Morgan fingerprint density at radius 3 is 2.59 bits per heavy atom. The topological polar surface area (TPSA) is 91.8 Å². The van der Waals surface area contributed by atoms with Crippen molar-refractivity contribution in [2.45, 2.75) is 32.6 Å². The van der Waals surface area contributed by atoms with Crippen LogP contribution in [0.4, 0.5) is 0 Å². The average Bonchev–Trinajstić information content (AvgIpc) is 3.02. The molecule has 1 aromatic rings. The van der Waals surface area contributed by atoms with Crippen molar-refractivity contribution in [3.63, 3.8) is 0 Å². The molecule has 4 aliphatic rings. The summed E-state index contributed by atoms with van der Waals surface area (Å²) in [6.45, 7) is 3.72. The van der Waals surface area contributed by atoms with Gasteiger partial charge in [0.25, 0.3) is 0 Å². The van der Waals surface area contributed by atoms with Crippen LogP contribution in [0, 0.1) is 17.8 Å². The number of hydrogen-bond acceptors (Lipinski definition) is 5. The molecular formula is C25H22BrNO5. The molecule has 32 heavy (non-hydrogen) atoms. The smallest absolute Gasteiger partial charge is 0.233 e. The van der Waals surface area contributed by atoms with Crippen molar-refractivity contribution in [3.05, 3.63) is 62.7 Å². The van der Waals surface area contributed by atoms with Crippen molar-refractivity contribution < 1.29 is 24.3 Å². The third kappa shape index (κ3) is 2.83. The molecule has 0 saturated carbocycles. The second kappa shape index (κ2) is 7.37. The maximum atomic E-state index is 13.3. The Bertz CT molecular complexity index is 1210. The number of halogens is 1. The van der Waals surface area contributed by atoms with Crippen molar-refractivity contribution in [3.8, 4) is 5.75 Å². The maximum Gasteiger partial charge on any atom is 0.233 e. The first-order valence-corrected chi connectivity index (χ1v) is 11.6. The molecule has 5 rings (SSSR count). The summed E-state index contributed by atoms with van der Waals surface area (Å²) in [7, 11) is 0. The normalized spacial score (nSPS) is 29.5. The fourth-order valence-corrected chi connectivity index (χ4v) is 6.23. The van der Waals surface area contributed by atoms with Crippen LogP contribution in [0.5, 0.6) is 5.75 Å². The summed E-state index contributed by atoms with van der Waals surface area (Å²) < 4.78 is 0.731. The van der Waals surface area contributed by atoms with E-state index in [4.69, 9.17) is 0 Å². The first-order valence-electron chi connectivity index (χ1n) is 10.8. The number of fused-ring (bicyclic) bond motifs is 3. The number of carbonyl (C=O) groups excluding carboxylic acids is 4. The minimum absolute atomic E-state index is 0.0187. The molecule has 1 fully saturated rings. The van der Waals surface area contributed by atoms with Gasteiger partial charge < -0.3 is 5.11 Å². The van der Waals surface area contributed by atoms with E-state index in [2.05, 4.69) is 15.9 Å². The zero-order valence-corrected chi connectivity index (χ0v) is 19.3. The number of allylic oxidation sites excluding steroid dienone is 6. The van der Waals surface area contributed by atoms with Gasteiger partial charge in [0.1, 0.15) is 5.75 Å². The Labute approximate surface area is 193 Å². The lowest BCUT2D eigenvalue weighted by molar-refractivity contribution is -0.139. The maximum absolute atomic E-state index is 13.3. The van der Waals surface area contributed by atoms with Gasteiger partial charge in [-0.15, -0.1) is 0 Å². The van der Waals surface area contributed by atoms with E-state index in [-0.39, 0.29) is 41.5 Å². The summed E-state index contributed by atoms with van der Waals surface area (Å²) in [6.07, 6.45) is 3.96. The number of ketones is 2. The number of nitrogens with zero attached hydrogens (tertiary/aromatic N) is 1. The lowest BCUT2D eigenvalue weighted by Crippen LogP contribution is -2.39. The van der Waals surface area contributed by atoms with Crippen LogP contribution >= 0.6 is 15.9 Å². The highest BCUT2D eigenvalue weighted by molar-refractivity contribution is 9.10. The van der Waals surface area contributed by atoms with Gasteiger partial charge >= 0.3 is 0 Å². The van der Waals surface area contributed by atoms with Gasteiger partial charge in [-0.3, -0.25) is 24.1 Å². The molecule has 1 heterocycles. The summed E-state index contributed by atoms with van der Waals surface area (Å²) in [6, 6.07) is 5.01. The number of amides is 2. The monoisotopic (exact) mass is 495 g/mol. The molecule has 0 spiro atoms. The number of phenolic OH excluding ortho intramolecular Hbond substituents is 1. The predicted octanol–water partition coefficient (Wildman–Crippen LogP) is 3.60. The molecule has 4 atom stereocenters. The van der Waals surface area contributed by atoms with Gasteiger partial charge in [0.15, 0.2) is 11.6 Å². The number of carbonyl (C=O) groups is 4. The van der Waals surface area contributed by atoms with Crippen molar-refractivity contribution in [1.29, 1.82) is 0 Å². The van der Waals surface area contributed by atoms with Crippen LogP contribution in [0.3, 0.4) is 0 Å². The second-order valence-corrected chi connectivity index (χ2v) is 9.77. The van der Waals surface area contributed by atoms with Crippen LogP contribution in [-0.4, -0.2) is 39.9 Å². The van der Waals surface area contributed by atoms with Crippen LogP contribution in [-0.2, 0) is 19.2 Å². The fraction of sp³-hybridized carbons (Fsp3) is 0.360. The molecule has 3 aliphatic carbocycles. The minimum Gasteiger partial charge on any atom is -0.508 e. The molecule has 0 aromatic heterocycles. The van der Waals surface area contributed by atoms with Crippen LogP contribution < -0.4 is 0 Å². The molecule has 1 aromatic carbocycles. The summed E-state index contributed by atoms with van der Waals surface area (Å²) >= 11 is 3.44. The summed E-state index contributed by atoms with van der Waals surface area (Å²) in [5.41, 5.74) is 2.50. The van der Waals surface area contributed by atoms with Gasteiger partial charge in [-0.1, -0.05) is 27.6 Å². The molecule has 7 heteroatoms. The van der Waals surface area contributed by atoms with Gasteiger partial charge in [-0.25, -0.2) is 0 Å². The molecule has 6 nitrogen and oxygen atoms in total. The van der Waals surface area contributed by atoms with Crippen LogP contribution in [0.2, 0.25) is 0 Å². The first-order chi connectivity index (χ1) is 15.2. The van der Waals surface area contributed by atoms with E-state index in [1.165, 1.54) is 11.0 Å².